The molecule has 0 aromatic heterocycles. The third-order valence-electron chi connectivity index (χ3n) is 1.70. The van der Waals surface area contributed by atoms with Crippen molar-refractivity contribution in [1.29, 1.82) is 0 Å². The van der Waals surface area contributed by atoms with E-state index in [9.17, 15) is 14.0 Å². The van der Waals surface area contributed by atoms with E-state index < -0.39 is 11.8 Å². The number of methoxy groups -OCH3 is 1. The largest absolute Gasteiger partial charge is 0.469 e. The van der Waals surface area contributed by atoms with Gasteiger partial charge in [0.1, 0.15) is 12.2 Å². The van der Waals surface area contributed by atoms with E-state index in [1.165, 1.54) is 31.4 Å². The molecule has 0 fully saturated rings. The Hall–Kier alpha value is -1.71. The van der Waals surface area contributed by atoms with Crippen LogP contribution in [-0.4, -0.2) is 18.9 Å². The van der Waals surface area contributed by atoms with E-state index in [-0.39, 0.29) is 12.2 Å². The van der Waals surface area contributed by atoms with Crippen LogP contribution in [0, 0.1) is 5.82 Å². The van der Waals surface area contributed by atoms with Crippen molar-refractivity contribution in [1.82, 2.24) is 0 Å². The summed E-state index contributed by atoms with van der Waals surface area (Å²) in [5.41, 5.74) is 0.303. The van der Waals surface area contributed by atoms with Gasteiger partial charge in [0, 0.05) is 5.56 Å². The third-order valence-corrected chi connectivity index (χ3v) is 1.70. The smallest absolute Gasteiger partial charge is 0.313 e. The average molecular weight is 196 g/mol. The van der Waals surface area contributed by atoms with Crippen molar-refractivity contribution in [2.75, 3.05) is 7.11 Å². The van der Waals surface area contributed by atoms with E-state index in [4.69, 9.17) is 0 Å². The number of halogens is 1. The summed E-state index contributed by atoms with van der Waals surface area (Å²) in [4.78, 5) is 22.0. The molecule has 0 spiro atoms. The Morgan fingerprint density at radius 3 is 2.36 bits per heavy atom. The molecule has 0 bridgehead atoms. The zero-order chi connectivity index (χ0) is 10.6. The van der Waals surface area contributed by atoms with Crippen molar-refractivity contribution in [3.8, 4) is 0 Å². The van der Waals surface area contributed by atoms with Crippen LogP contribution in [0.4, 0.5) is 4.39 Å². The van der Waals surface area contributed by atoms with Crippen molar-refractivity contribution in [2.24, 2.45) is 0 Å². The maximum atomic E-state index is 12.5. The Balaban J connectivity index is 2.70. The van der Waals surface area contributed by atoms with Gasteiger partial charge < -0.3 is 4.74 Å². The molecule has 0 saturated heterocycles. The molecule has 0 unspecified atom stereocenters. The van der Waals surface area contributed by atoms with Crippen LogP contribution in [0.2, 0.25) is 0 Å². The van der Waals surface area contributed by atoms with Gasteiger partial charge in [-0.05, 0) is 24.3 Å². The van der Waals surface area contributed by atoms with Crippen LogP contribution in [0.3, 0.4) is 0 Å². The number of benzene rings is 1. The number of carbonyl (C=O) groups excluding carboxylic acids is 2. The molecule has 1 aromatic rings. The zero-order valence-corrected chi connectivity index (χ0v) is 7.62. The minimum absolute atomic E-state index is 0.303. The SMILES string of the molecule is COC(=O)CC(=O)c1ccc(F)cc1. The summed E-state index contributed by atoms with van der Waals surface area (Å²) in [5.74, 6) is -1.39. The minimum atomic E-state index is -0.598. The summed E-state index contributed by atoms with van der Waals surface area (Å²) < 4.78 is 16.8. The van der Waals surface area contributed by atoms with Crippen LogP contribution in [0.5, 0.6) is 0 Å². The molecule has 0 heterocycles. The number of ether oxygens (including phenoxy) is 1. The van der Waals surface area contributed by atoms with Crippen molar-refractivity contribution in [3.63, 3.8) is 0 Å². The van der Waals surface area contributed by atoms with E-state index in [1.807, 2.05) is 0 Å². The monoisotopic (exact) mass is 196 g/mol. The summed E-state index contributed by atoms with van der Waals surface area (Å²) in [6.07, 6.45) is -0.317. The van der Waals surface area contributed by atoms with Gasteiger partial charge in [0.15, 0.2) is 5.78 Å². The van der Waals surface area contributed by atoms with Crippen molar-refractivity contribution in [2.45, 2.75) is 6.42 Å². The maximum Gasteiger partial charge on any atom is 0.313 e. The normalized spacial score (nSPS) is 9.57. The Kier molecular flexibility index (Phi) is 3.34. The summed E-state index contributed by atoms with van der Waals surface area (Å²) in [7, 11) is 1.21. The predicted molar refractivity (Wildman–Crippen MR) is 47.4 cm³/mol. The first-order valence-corrected chi connectivity index (χ1v) is 3.99. The van der Waals surface area contributed by atoms with Gasteiger partial charge in [0.25, 0.3) is 0 Å². The average Bonchev–Trinajstić information content (AvgIpc) is 2.18. The fourth-order valence-electron chi connectivity index (χ4n) is 0.941. The molecule has 1 rings (SSSR count). The highest BCUT2D eigenvalue weighted by atomic mass is 19.1. The Bertz CT molecular complexity index is 343. The van der Waals surface area contributed by atoms with Crippen LogP contribution in [0.1, 0.15) is 16.8 Å². The number of rotatable bonds is 3. The van der Waals surface area contributed by atoms with Gasteiger partial charge in [0.05, 0.1) is 7.11 Å². The second kappa shape index (κ2) is 4.50. The van der Waals surface area contributed by atoms with Gasteiger partial charge in [-0.2, -0.15) is 0 Å². The van der Waals surface area contributed by atoms with Crippen molar-refractivity contribution in [3.05, 3.63) is 35.6 Å². The second-order valence-electron chi connectivity index (χ2n) is 2.68. The fourth-order valence-corrected chi connectivity index (χ4v) is 0.941. The molecular weight excluding hydrogens is 187 g/mol. The number of esters is 1. The molecule has 0 saturated carbocycles. The van der Waals surface area contributed by atoms with E-state index in [1.54, 1.807) is 0 Å². The van der Waals surface area contributed by atoms with E-state index in [0.29, 0.717) is 5.56 Å². The first kappa shape index (κ1) is 10.4. The molecule has 0 atom stereocenters. The molecule has 3 nitrogen and oxygen atoms in total. The third kappa shape index (κ3) is 2.65. The van der Waals surface area contributed by atoms with E-state index in [2.05, 4.69) is 4.74 Å². The quantitative estimate of drug-likeness (QED) is 0.418. The molecule has 0 radical (unpaired) electrons. The van der Waals surface area contributed by atoms with Crippen LogP contribution in [0.15, 0.2) is 24.3 Å². The summed E-state index contributed by atoms with van der Waals surface area (Å²) in [5, 5.41) is 0. The lowest BCUT2D eigenvalue weighted by Crippen LogP contribution is -2.09. The van der Waals surface area contributed by atoms with Gasteiger partial charge in [-0.25, -0.2) is 4.39 Å². The molecular formula is C10H9FO3. The van der Waals surface area contributed by atoms with Gasteiger partial charge in [-0.3, -0.25) is 9.59 Å². The Morgan fingerprint density at radius 1 is 1.29 bits per heavy atom. The lowest BCUT2D eigenvalue weighted by atomic mass is 10.1. The van der Waals surface area contributed by atoms with Crippen LogP contribution in [0.25, 0.3) is 0 Å². The highest BCUT2D eigenvalue weighted by Crippen LogP contribution is 2.06. The van der Waals surface area contributed by atoms with Gasteiger partial charge in [-0.1, -0.05) is 0 Å². The molecule has 74 valence electrons. The van der Waals surface area contributed by atoms with Crippen LogP contribution >= 0.6 is 0 Å². The molecule has 1 aromatic carbocycles. The topological polar surface area (TPSA) is 43.4 Å². The van der Waals surface area contributed by atoms with Gasteiger partial charge in [-0.15, -0.1) is 0 Å². The summed E-state index contributed by atoms with van der Waals surface area (Å²) in [6.45, 7) is 0. The van der Waals surface area contributed by atoms with E-state index >= 15 is 0 Å². The predicted octanol–water partition coefficient (Wildman–Crippen LogP) is 1.57. The first-order chi connectivity index (χ1) is 6.63. The first-order valence-electron chi connectivity index (χ1n) is 3.99. The fraction of sp³-hybridized carbons (Fsp3) is 0.200. The molecule has 0 amide bonds. The van der Waals surface area contributed by atoms with E-state index in [0.717, 1.165) is 0 Å². The van der Waals surface area contributed by atoms with Crippen LogP contribution in [-0.2, 0) is 9.53 Å². The Morgan fingerprint density at radius 2 is 1.86 bits per heavy atom. The molecule has 0 aliphatic heterocycles. The molecule has 4 heteroatoms. The number of ketones is 1. The number of hydrogen-bond donors (Lipinski definition) is 0. The molecule has 0 aliphatic rings. The zero-order valence-electron chi connectivity index (χ0n) is 7.62. The highest BCUT2D eigenvalue weighted by Gasteiger charge is 2.11. The second-order valence-corrected chi connectivity index (χ2v) is 2.68. The van der Waals surface area contributed by atoms with Crippen LogP contribution < -0.4 is 0 Å². The Labute approximate surface area is 80.5 Å². The maximum absolute atomic E-state index is 12.5. The minimum Gasteiger partial charge on any atom is -0.469 e. The standard InChI is InChI=1S/C10H9FO3/c1-14-10(13)6-9(12)7-2-4-8(11)5-3-7/h2-5H,6H2,1H3. The van der Waals surface area contributed by atoms with Crippen molar-refractivity contribution >= 4 is 11.8 Å². The lowest BCUT2D eigenvalue weighted by molar-refractivity contribution is -0.139. The molecule has 0 aliphatic carbocycles. The molecule has 14 heavy (non-hydrogen) atoms. The molecule has 0 N–H and O–H groups in total. The van der Waals surface area contributed by atoms with Crippen molar-refractivity contribution < 1.29 is 18.7 Å². The van der Waals surface area contributed by atoms with Gasteiger partial charge >= 0.3 is 5.97 Å². The summed E-state index contributed by atoms with van der Waals surface area (Å²) >= 11 is 0. The lowest BCUT2D eigenvalue weighted by Gasteiger charge is -1.99. The number of carbonyl (C=O) groups is 2. The van der Waals surface area contributed by atoms with Gasteiger partial charge in [0.2, 0.25) is 0 Å². The summed E-state index contributed by atoms with van der Waals surface area (Å²) in [6, 6.07) is 5.01. The number of hydrogen-bond acceptors (Lipinski definition) is 3. The highest BCUT2D eigenvalue weighted by molar-refractivity contribution is 6.05. The number of Topliss-reactive ketones (excluding diaryl/α,β-unsaturated/α-hetero) is 1.